The van der Waals surface area contributed by atoms with Crippen molar-refractivity contribution in [3.8, 4) is 0 Å². The molecule has 0 spiro atoms. The van der Waals surface area contributed by atoms with Crippen LogP contribution in [-0.4, -0.2) is 13.4 Å². The standard InChI is InChI=1S/C5H6N2.Cl2O2S/c6-5-3-1-2-4-7-5;1-5(2,3)4/h1-4H,(H2,6,7);. The minimum atomic E-state index is -3.72. The van der Waals surface area contributed by atoms with E-state index in [0.29, 0.717) is 5.82 Å². The van der Waals surface area contributed by atoms with Crippen LogP contribution in [-0.2, 0) is 8.26 Å². The normalized spacial score (nSPS) is 9.83. The van der Waals surface area contributed by atoms with Crippen molar-refractivity contribution < 1.29 is 8.42 Å². The Bertz CT molecular complexity index is 305. The van der Waals surface area contributed by atoms with E-state index in [1.807, 2.05) is 12.1 Å². The second kappa shape index (κ2) is 5.18. The first-order valence-electron chi connectivity index (χ1n) is 2.70. The lowest BCUT2D eigenvalue weighted by molar-refractivity contribution is 0.621. The lowest BCUT2D eigenvalue weighted by Gasteiger charge is -1.82. The van der Waals surface area contributed by atoms with E-state index in [2.05, 4.69) is 26.3 Å². The molecule has 0 atom stereocenters. The number of halogens is 2. The molecule has 0 aliphatic rings. The van der Waals surface area contributed by atoms with Crippen molar-refractivity contribution in [2.24, 2.45) is 0 Å². The molecule has 12 heavy (non-hydrogen) atoms. The zero-order chi connectivity index (χ0) is 9.61. The van der Waals surface area contributed by atoms with E-state index >= 15 is 0 Å². The van der Waals surface area contributed by atoms with Crippen LogP contribution in [0.3, 0.4) is 0 Å². The highest BCUT2D eigenvalue weighted by Gasteiger charge is 1.88. The molecule has 0 saturated carbocycles. The van der Waals surface area contributed by atoms with Gasteiger partial charge in [0.1, 0.15) is 5.82 Å². The fraction of sp³-hybridized carbons (Fsp3) is 0. The number of pyridine rings is 1. The number of aromatic nitrogens is 1. The van der Waals surface area contributed by atoms with E-state index in [9.17, 15) is 0 Å². The monoisotopic (exact) mass is 228 g/mol. The number of nitrogen functional groups attached to an aromatic ring is 1. The van der Waals surface area contributed by atoms with E-state index in [1.165, 1.54) is 0 Å². The van der Waals surface area contributed by atoms with Gasteiger partial charge in [0.25, 0.3) is 0 Å². The maximum absolute atomic E-state index is 9.16. The molecule has 0 fully saturated rings. The van der Waals surface area contributed by atoms with Gasteiger partial charge in [-0.25, -0.2) is 4.98 Å². The molecule has 1 aromatic heterocycles. The first-order chi connectivity index (χ1) is 5.39. The predicted molar refractivity (Wildman–Crippen MR) is 49.3 cm³/mol. The molecular formula is C5H6Cl2N2O2S. The molecule has 1 rings (SSSR count). The predicted octanol–water partition coefficient (Wildman–Crippen LogP) is 1.37. The summed E-state index contributed by atoms with van der Waals surface area (Å²) in [4.78, 5) is 3.76. The fourth-order valence-corrected chi connectivity index (χ4v) is 0.376. The van der Waals surface area contributed by atoms with Gasteiger partial charge in [0.05, 0.1) is 0 Å². The third-order valence-electron chi connectivity index (χ3n) is 0.688. The van der Waals surface area contributed by atoms with Crippen molar-refractivity contribution in [1.29, 1.82) is 0 Å². The Balaban J connectivity index is 0.000000217. The van der Waals surface area contributed by atoms with Gasteiger partial charge in [0.2, 0.25) is 0 Å². The molecule has 2 N–H and O–H groups in total. The summed E-state index contributed by atoms with van der Waals surface area (Å²) in [7, 11) is 4.81. The summed E-state index contributed by atoms with van der Waals surface area (Å²) in [6.07, 6.45) is 1.66. The van der Waals surface area contributed by atoms with Gasteiger partial charge in [0, 0.05) is 27.6 Å². The highest BCUT2D eigenvalue weighted by Crippen LogP contribution is 1.98. The first-order valence-corrected chi connectivity index (χ1v) is 5.84. The van der Waals surface area contributed by atoms with Crippen LogP contribution in [0.1, 0.15) is 0 Å². The van der Waals surface area contributed by atoms with E-state index < -0.39 is 8.26 Å². The van der Waals surface area contributed by atoms with Gasteiger partial charge in [0.15, 0.2) is 0 Å². The Morgan fingerprint density at radius 3 is 2.00 bits per heavy atom. The molecule has 7 heteroatoms. The highest BCUT2D eigenvalue weighted by molar-refractivity contribution is 8.31. The number of anilines is 1. The van der Waals surface area contributed by atoms with Crippen molar-refractivity contribution >= 4 is 35.4 Å². The van der Waals surface area contributed by atoms with Crippen LogP contribution in [0.4, 0.5) is 5.82 Å². The van der Waals surface area contributed by atoms with Crippen LogP contribution in [0, 0.1) is 0 Å². The summed E-state index contributed by atoms with van der Waals surface area (Å²) < 4.78 is 18.3. The second-order valence-electron chi connectivity index (χ2n) is 1.63. The number of nitrogens with zero attached hydrogens (tertiary/aromatic N) is 1. The lowest BCUT2D eigenvalue weighted by atomic mass is 10.5. The molecule has 0 radical (unpaired) electrons. The number of hydrogen-bond donors (Lipinski definition) is 1. The summed E-state index contributed by atoms with van der Waals surface area (Å²) in [5.74, 6) is 0.572. The van der Waals surface area contributed by atoms with Gasteiger partial charge >= 0.3 is 8.26 Å². The van der Waals surface area contributed by atoms with Crippen LogP contribution < -0.4 is 5.73 Å². The van der Waals surface area contributed by atoms with Crippen LogP contribution in [0.25, 0.3) is 0 Å². The van der Waals surface area contributed by atoms with Crippen LogP contribution in [0.2, 0.25) is 0 Å². The van der Waals surface area contributed by atoms with E-state index in [1.54, 1.807) is 12.3 Å². The third-order valence-corrected chi connectivity index (χ3v) is 0.688. The zero-order valence-corrected chi connectivity index (χ0v) is 8.14. The molecular weight excluding hydrogens is 223 g/mol. The topological polar surface area (TPSA) is 73.0 Å². The molecule has 0 unspecified atom stereocenters. The molecule has 0 aromatic carbocycles. The number of nitrogens with two attached hydrogens (primary N) is 1. The van der Waals surface area contributed by atoms with Gasteiger partial charge in [-0.2, -0.15) is 8.42 Å². The minimum absolute atomic E-state index is 0.572. The van der Waals surface area contributed by atoms with Crippen molar-refractivity contribution in [3.05, 3.63) is 24.4 Å². The Morgan fingerprint density at radius 2 is 1.83 bits per heavy atom. The number of rotatable bonds is 0. The Labute approximate surface area is 79.2 Å². The van der Waals surface area contributed by atoms with Crippen molar-refractivity contribution in [3.63, 3.8) is 0 Å². The van der Waals surface area contributed by atoms with Crippen LogP contribution in [0.5, 0.6) is 0 Å². The SMILES string of the molecule is Nc1ccccn1.O=S(=O)(Cl)Cl. The first kappa shape index (κ1) is 11.5. The molecule has 0 saturated heterocycles. The van der Waals surface area contributed by atoms with Gasteiger partial charge in [-0.3, -0.25) is 0 Å². The van der Waals surface area contributed by atoms with Crippen molar-refractivity contribution in [2.75, 3.05) is 5.73 Å². The fourth-order valence-electron chi connectivity index (χ4n) is 0.376. The van der Waals surface area contributed by atoms with Crippen LogP contribution in [0.15, 0.2) is 24.4 Å². The number of hydrogen-bond acceptors (Lipinski definition) is 4. The van der Waals surface area contributed by atoms with Crippen molar-refractivity contribution in [2.45, 2.75) is 0 Å². The molecule has 1 heterocycles. The average Bonchev–Trinajstić information content (AvgIpc) is 1.85. The summed E-state index contributed by atoms with van der Waals surface area (Å²) >= 11 is 0. The average molecular weight is 229 g/mol. The molecule has 0 amide bonds. The van der Waals surface area contributed by atoms with Gasteiger partial charge in [-0.1, -0.05) is 6.07 Å². The molecule has 4 nitrogen and oxygen atoms in total. The largest absolute Gasteiger partial charge is 0.384 e. The Kier molecular flexibility index (Phi) is 4.96. The Hall–Kier alpha value is -0.520. The second-order valence-corrected chi connectivity index (χ2v) is 5.30. The van der Waals surface area contributed by atoms with Crippen molar-refractivity contribution in [1.82, 2.24) is 4.98 Å². The zero-order valence-electron chi connectivity index (χ0n) is 5.81. The molecule has 0 aliphatic heterocycles. The molecule has 0 bridgehead atoms. The quantitative estimate of drug-likeness (QED) is 0.682. The van der Waals surface area contributed by atoms with E-state index in [4.69, 9.17) is 14.2 Å². The Morgan fingerprint density at radius 1 is 1.33 bits per heavy atom. The van der Waals surface area contributed by atoms with E-state index in [-0.39, 0.29) is 0 Å². The van der Waals surface area contributed by atoms with Gasteiger partial charge in [-0.05, 0) is 12.1 Å². The summed E-state index contributed by atoms with van der Waals surface area (Å²) in [6.45, 7) is 0. The molecule has 1 aromatic rings. The molecule has 0 aliphatic carbocycles. The van der Waals surface area contributed by atoms with E-state index in [0.717, 1.165) is 0 Å². The van der Waals surface area contributed by atoms with Gasteiger partial charge in [-0.15, -0.1) is 0 Å². The maximum Gasteiger partial charge on any atom is 0.317 e. The minimum Gasteiger partial charge on any atom is -0.384 e. The highest BCUT2D eigenvalue weighted by atomic mass is 36.0. The smallest absolute Gasteiger partial charge is 0.317 e. The summed E-state index contributed by atoms with van der Waals surface area (Å²) in [5.41, 5.74) is 5.25. The lowest BCUT2D eigenvalue weighted by Crippen LogP contribution is -1.85. The summed E-state index contributed by atoms with van der Waals surface area (Å²) in [5, 5.41) is 0. The maximum atomic E-state index is 9.16. The van der Waals surface area contributed by atoms with Gasteiger partial charge < -0.3 is 5.73 Å². The third kappa shape index (κ3) is 12.2. The summed E-state index contributed by atoms with van der Waals surface area (Å²) in [6, 6.07) is 5.43. The molecule has 68 valence electrons. The van der Waals surface area contributed by atoms with Crippen LogP contribution >= 0.6 is 21.4 Å².